The van der Waals surface area contributed by atoms with Gasteiger partial charge in [0, 0.05) is 11.6 Å². The second-order valence-electron chi connectivity index (χ2n) is 8.52. The summed E-state index contributed by atoms with van der Waals surface area (Å²) in [5.74, 6) is -4.84. The smallest absolute Gasteiger partial charge is 0.267 e. The van der Waals surface area contributed by atoms with Crippen molar-refractivity contribution in [3.8, 4) is 0 Å². The van der Waals surface area contributed by atoms with E-state index in [2.05, 4.69) is 9.97 Å². The van der Waals surface area contributed by atoms with Crippen molar-refractivity contribution in [1.29, 1.82) is 5.41 Å². The Morgan fingerprint density at radius 3 is 2.28 bits per heavy atom. The second-order valence-corrected chi connectivity index (χ2v) is 11.6. The number of rotatable bonds is 7. The van der Waals surface area contributed by atoms with Crippen molar-refractivity contribution in [2.45, 2.75) is 30.9 Å². The van der Waals surface area contributed by atoms with Gasteiger partial charge in [0.25, 0.3) is 10.0 Å². The molecule has 2 aromatic carbocycles. The molecule has 0 bridgehead atoms. The molecule has 0 fully saturated rings. The number of anilines is 1. The Morgan fingerprint density at radius 2 is 1.69 bits per heavy atom. The van der Waals surface area contributed by atoms with E-state index in [1.807, 2.05) is 0 Å². The van der Waals surface area contributed by atoms with Crippen LogP contribution in [0.4, 0.5) is 18.9 Å². The quantitative estimate of drug-likeness (QED) is 0.159. The van der Waals surface area contributed by atoms with E-state index in [0.29, 0.717) is 0 Å². The molecule has 13 heteroatoms. The maximum Gasteiger partial charge on any atom is 0.267 e. The van der Waals surface area contributed by atoms with E-state index in [1.54, 1.807) is 25.5 Å². The summed E-state index contributed by atoms with van der Waals surface area (Å²) in [5, 5.41) is 7.07. The van der Waals surface area contributed by atoms with E-state index in [0.717, 1.165) is 42.1 Å². The fourth-order valence-electron chi connectivity index (χ4n) is 2.91. The highest BCUT2D eigenvalue weighted by atomic mass is 35.5. The van der Waals surface area contributed by atoms with Gasteiger partial charge in [0.15, 0.2) is 16.5 Å². The lowest BCUT2D eigenvalue weighted by atomic mass is 9.99. The van der Waals surface area contributed by atoms with Gasteiger partial charge in [-0.3, -0.25) is 14.9 Å². The molecule has 1 heterocycles. The lowest BCUT2D eigenvalue weighted by Crippen LogP contribution is -2.22. The largest absolute Gasteiger partial charge is 0.298 e. The van der Waals surface area contributed by atoms with Crippen LogP contribution < -0.4 is 4.72 Å². The van der Waals surface area contributed by atoms with Crippen LogP contribution in [0.15, 0.2) is 53.6 Å². The van der Waals surface area contributed by atoms with Gasteiger partial charge < -0.3 is 0 Å². The molecule has 1 aromatic heterocycles. The summed E-state index contributed by atoms with van der Waals surface area (Å²) in [7, 11) is -4.88. The number of hydrogen-bond acceptors (Lipinski definition) is 7. The molecule has 1 atom stereocenters. The molecule has 0 amide bonds. The molecule has 0 spiro atoms. The molecular formula is C23H20ClF3N4O3S2. The van der Waals surface area contributed by atoms with Crippen LogP contribution in [0.25, 0.3) is 0 Å². The van der Waals surface area contributed by atoms with Crippen molar-refractivity contribution in [2.75, 3.05) is 4.72 Å². The first-order chi connectivity index (χ1) is 16.7. The SMILES string of the molecule is CC(C)(C)C(=N)SC(C(=O)c1cccc(NS(=O)(=O)c2c(F)cccc2F)c1F)c1ccnc(Cl)n1. The molecule has 2 N–H and O–H groups in total. The number of benzene rings is 2. The van der Waals surface area contributed by atoms with Crippen LogP contribution in [0.1, 0.15) is 42.1 Å². The first kappa shape index (κ1) is 27.6. The van der Waals surface area contributed by atoms with Crippen molar-refractivity contribution < 1.29 is 26.4 Å². The number of nitrogens with one attached hydrogen (secondary N) is 2. The topological polar surface area (TPSA) is 113 Å². The van der Waals surface area contributed by atoms with Crippen LogP contribution >= 0.6 is 23.4 Å². The van der Waals surface area contributed by atoms with E-state index < -0.39 is 60.1 Å². The third-order valence-corrected chi connectivity index (χ3v) is 7.91. The van der Waals surface area contributed by atoms with Gasteiger partial charge in [-0.2, -0.15) is 0 Å². The third kappa shape index (κ3) is 6.05. The van der Waals surface area contributed by atoms with Crippen LogP contribution in [0.3, 0.4) is 0 Å². The number of sulfonamides is 1. The van der Waals surface area contributed by atoms with E-state index >= 15 is 4.39 Å². The Balaban J connectivity index is 2.04. The van der Waals surface area contributed by atoms with Crippen LogP contribution in [0, 0.1) is 28.3 Å². The van der Waals surface area contributed by atoms with E-state index in [9.17, 15) is 22.0 Å². The number of Topliss-reactive ketones (excluding diaryl/α,β-unsaturated/α-hetero) is 1. The maximum absolute atomic E-state index is 15.4. The summed E-state index contributed by atoms with van der Waals surface area (Å²) in [6.07, 6.45) is 1.30. The van der Waals surface area contributed by atoms with Gasteiger partial charge in [-0.25, -0.2) is 31.6 Å². The van der Waals surface area contributed by atoms with Gasteiger partial charge in [0.05, 0.1) is 22.0 Å². The van der Waals surface area contributed by atoms with E-state index in [-0.39, 0.29) is 16.0 Å². The van der Waals surface area contributed by atoms with Crippen molar-refractivity contribution >= 4 is 49.9 Å². The first-order valence-electron chi connectivity index (χ1n) is 10.3. The predicted molar refractivity (Wildman–Crippen MR) is 132 cm³/mol. The minimum atomic E-state index is -4.88. The lowest BCUT2D eigenvalue weighted by Gasteiger charge is -2.23. The monoisotopic (exact) mass is 556 g/mol. The molecule has 0 saturated carbocycles. The number of carbonyl (C=O) groups is 1. The Bertz CT molecular complexity index is 1430. The molecule has 3 aromatic rings. The van der Waals surface area contributed by atoms with Crippen LogP contribution in [0.5, 0.6) is 0 Å². The van der Waals surface area contributed by atoms with Crippen molar-refractivity contribution in [3.05, 3.63) is 82.7 Å². The number of halogens is 4. The highest BCUT2D eigenvalue weighted by Crippen LogP contribution is 2.38. The lowest BCUT2D eigenvalue weighted by molar-refractivity contribution is 0.0985. The zero-order valence-electron chi connectivity index (χ0n) is 19.1. The zero-order valence-corrected chi connectivity index (χ0v) is 21.5. The van der Waals surface area contributed by atoms with Crippen molar-refractivity contribution in [2.24, 2.45) is 5.41 Å². The van der Waals surface area contributed by atoms with Crippen LogP contribution in [0.2, 0.25) is 5.28 Å². The molecule has 36 heavy (non-hydrogen) atoms. The van der Waals surface area contributed by atoms with Gasteiger partial charge in [-0.1, -0.05) is 44.7 Å². The minimum absolute atomic E-state index is 0.0999. The Morgan fingerprint density at radius 1 is 1.08 bits per heavy atom. The molecule has 0 saturated heterocycles. The van der Waals surface area contributed by atoms with Crippen molar-refractivity contribution in [3.63, 3.8) is 0 Å². The third-order valence-electron chi connectivity index (χ3n) is 4.77. The Hall–Kier alpha value is -2.96. The molecule has 0 radical (unpaired) electrons. The zero-order chi connectivity index (χ0) is 26.8. The summed E-state index contributed by atoms with van der Waals surface area (Å²) in [5.41, 5.74) is -1.75. The Kier molecular flexibility index (Phi) is 8.11. The Labute approximate surface area is 215 Å². The summed E-state index contributed by atoms with van der Waals surface area (Å²) < 4.78 is 70.6. The maximum atomic E-state index is 15.4. The number of hydrogen-bond donors (Lipinski definition) is 2. The van der Waals surface area contributed by atoms with E-state index in [4.69, 9.17) is 17.0 Å². The molecule has 0 aliphatic heterocycles. The fourth-order valence-corrected chi connectivity index (χ4v) is 5.34. The van der Waals surface area contributed by atoms with Gasteiger partial charge in [-0.15, -0.1) is 0 Å². The molecule has 190 valence electrons. The highest BCUT2D eigenvalue weighted by Gasteiger charge is 2.33. The van der Waals surface area contributed by atoms with Gasteiger partial charge in [0.2, 0.25) is 5.28 Å². The number of thioether (sulfide) groups is 1. The molecule has 1 unspecified atom stereocenters. The summed E-state index contributed by atoms with van der Waals surface area (Å²) in [4.78, 5) is 20.0. The molecule has 3 rings (SSSR count). The minimum Gasteiger partial charge on any atom is -0.298 e. The number of ketones is 1. The predicted octanol–water partition coefficient (Wildman–Crippen LogP) is 6.03. The number of aromatic nitrogens is 2. The fraction of sp³-hybridized carbons (Fsp3) is 0.217. The number of nitrogens with zero attached hydrogens (tertiary/aromatic N) is 2. The van der Waals surface area contributed by atoms with Crippen LogP contribution in [-0.4, -0.2) is 29.2 Å². The van der Waals surface area contributed by atoms with Crippen molar-refractivity contribution in [1.82, 2.24) is 9.97 Å². The summed E-state index contributed by atoms with van der Waals surface area (Å²) >= 11 is 6.70. The summed E-state index contributed by atoms with van der Waals surface area (Å²) in [6.45, 7) is 5.28. The standard InChI is InChI=1S/C23H20ClF3N4O3S2/c1-23(2,3)21(28)35-19(16-10-11-29-22(24)30-16)18(32)12-6-4-9-15(17(12)27)31-36(33,34)20-13(25)7-5-8-14(20)26/h4-11,19,28,31H,1-3H3. The van der Waals surface area contributed by atoms with Gasteiger partial charge >= 0.3 is 0 Å². The second kappa shape index (κ2) is 10.6. The van der Waals surface area contributed by atoms with E-state index in [1.165, 1.54) is 18.3 Å². The molecule has 0 aliphatic rings. The van der Waals surface area contributed by atoms with Crippen LogP contribution in [-0.2, 0) is 10.0 Å². The average molecular weight is 557 g/mol. The molecule has 0 aliphatic carbocycles. The molecular weight excluding hydrogens is 537 g/mol. The van der Waals surface area contributed by atoms with Gasteiger partial charge in [-0.05, 0) is 41.9 Å². The number of carbonyl (C=O) groups excluding carboxylic acids is 1. The molecule has 7 nitrogen and oxygen atoms in total. The average Bonchev–Trinajstić information content (AvgIpc) is 2.77. The first-order valence-corrected chi connectivity index (χ1v) is 13.0. The van der Waals surface area contributed by atoms with Gasteiger partial charge in [0.1, 0.15) is 16.9 Å². The highest BCUT2D eigenvalue weighted by molar-refractivity contribution is 8.14. The normalized spacial score (nSPS) is 12.8. The summed E-state index contributed by atoms with van der Waals surface area (Å²) in [6, 6.07) is 7.19.